The van der Waals surface area contributed by atoms with Gasteiger partial charge in [0.15, 0.2) is 0 Å². The van der Waals surface area contributed by atoms with Crippen LogP contribution in [0.15, 0.2) is 18.5 Å². The first-order chi connectivity index (χ1) is 6.79. The van der Waals surface area contributed by atoms with Crippen molar-refractivity contribution in [1.82, 2.24) is 25.6 Å². The summed E-state index contributed by atoms with van der Waals surface area (Å²) in [5, 5.41) is 13.8. The zero-order valence-electron chi connectivity index (χ0n) is 7.97. The first-order valence-corrected chi connectivity index (χ1v) is 4.14. The smallest absolute Gasteiger partial charge is 0.206 e. The Kier molecular flexibility index (Phi) is 2.10. The average Bonchev–Trinajstić information content (AvgIpc) is 2.70. The molecule has 0 aliphatic rings. The monoisotopic (exact) mass is 190 g/mol. The fourth-order valence-electron chi connectivity index (χ4n) is 1.21. The largest absolute Gasteiger partial charge is 0.376 e. The Balaban J connectivity index is 2.53. The summed E-state index contributed by atoms with van der Waals surface area (Å²) >= 11 is 0. The number of nitrogens with one attached hydrogen (secondary N) is 1. The van der Waals surface area contributed by atoms with E-state index in [-0.39, 0.29) is 0 Å². The number of aromatic amines is 1. The minimum absolute atomic E-state index is 0.580. The van der Waals surface area contributed by atoms with Gasteiger partial charge in [-0.2, -0.15) is 5.21 Å². The predicted octanol–water partition coefficient (Wildman–Crippen LogP) is 0.328. The van der Waals surface area contributed by atoms with E-state index < -0.39 is 0 Å². The molecule has 0 fully saturated rings. The van der Waals surface area contributed by atoms with Gasteiger partial charge < -0.3 is 4.90 Å². The first-order valence-electron chi connectivity index (χ1n) is 4.14. The maximum absolute atomic E-state index is 4.05. The molecule has 6 nitrogen and oxygen atoms in total. The number of pyridine rings is 1. The molecule has 0 saturated heterocycles. The maximum atomic E-state index is 4.05. The lowest BCUT2D eigenvalue weighted by Crippen LogP contribution is -2.10. The van der Waals surface area contributed by atoms with Crippen molar-refractivity contribution in [2.24, 2.45) is 0 Å². The standard InChI is InChI=1S/C8H10N6/c1-14(2)7-5-9-4-3-6(7)8-10-12-13-11-8/h3-5H,1-2H3,(H,10,11,12,13). The molecule has 0 aromatic carbocycles. The Morgan fingerprint density at radius 1 is 1.36 bits per heavy atom. The van der Waals surface area contributed by atoms with Crippen molar-refractivity contribution in [3.8, 4) is 11.4 Å². The molecule has 0 atom stereocenters. The van der Waals surface area contributed by atoms with E-state index in [0.717, 1.165) is 11.3 Å². The lowest BCUT2D eigenvalue weighted by atomic mass is 10.2. The van der Waals surface area contributed by atoms with Gasteiger partial charge in [0.2, 0.25) is 5.82 Å². The summed E-state index contributed by atoms with van der Waals surface area (Å²) in [4.78, 5) is 6.01. The topological polar surface area (TPSA) is 70.6 Å². The molecule has 0 amide bonds. The van der Waals surface area contributed by atoms with Crippen molar-refractivity contribution in [3.05, 3.63) is 18.5 Å². The zero-order valence-corrected chi connectivity index (χ0v) is 7.97. The predicted molar refractivity (Wildman–Crippen MR) is 51.7 cm³/mol. The summed E-state index contributed by atoms with van der Waals surface area (Å²) in [5.74, 6) is 0.580. The van der Waals surface area contributed by atoms with Crippen LogP contribution in [0.1, 0.15) is 0 Å². The molecule has 2 aromatic rings. The Bertz CT molecular complexity index is 408. The van der Waals surface area contributed by atoms with E-state index in [0.29, 0.717) is 5.82 Å². The molecule has 14 heavy (non-hydrogen) atoms. The third-order valence-electron chi connectivity index (χ3n) is 1.87. The molecule has 0 aliphatic carbocycles. The number of nitrogens with zero attached hydrogens (tertiary/aromatic N) is 5. The molecule has 1 N–H and O–H groups in total. The number of rotatable bonds is 2. The fraction of sp³-hybridized carbons (Fsp3) is 0.250. The molecule has 0 saturated carbocycles. The molecule has 0 unspecified atom stereocenters. The number of aromatic nitrogens is 5. The van der Waals surface area contributed by atoms with Crippen LogP contribution in [-0.4, -0.2) is 39.7 Å². The minimum Gasteiger partial charge on any atom is -0.376 e. The number of tetrazole rings is 1. The molecule has 0 bridgehead atoms. The number of hydrogen-bond donors (Lipinski definition) is 1. The highest BCUT2D eigenvalue weighted by molar-refractivity contribution is 5.72. The van der Waals surface area contributed by atoms with Crippen LogP contribution >= 0.6 is 0 Å². The van der Waals surface area contributed by atoms with Crippen LogP contribution in [0.5, 0.6) is 0 Å². The van der Waals surface area contributed by atoms with Crippen LogP contribution in [0.3, 0.4) is 0 Å². The third-order valence-corrected chi connectivity index (χ3v) is 1.87. The molecule has 6 heteroatoms. The maximum Gasteiger partial charge on any atom is 0.206 e. The molecule has 2 rings (SSSR count). The molecule has 0 aliphatic heterocycles. The first kappa shape index (κ1) is 8.61. The molecule has 2 aromatic heterocycles. The van der Waals surface area contributed by atoms with E-state index in [4.69, 9.17) is 0 Å². The second-order valence-corrected chi connectivity index (χ2v) is 3.02. The van der Waals surface area contributed by atoms with Crippen molar-refractivity contribution in [3.63, 3.8) is 0 Å². The van der Waals surface area contributed by atoms with Crippen LogP contribution in [0.25, 0.3) is 11.4 Å². The highest BCUT2D eigenvalue weighted by Gasteiger charge is 2.09. The quantitative estimate of drug-likeness (QED) is 0.738. The number of hydrogen-bond acceptors (Lipinski definition) is 5. The van der Waals surface area contributed by atoms with Crippen LogP contribution < -0.4 is 4.90 Å². The Morgan fingerprint density at radius 2 is 2.21 bits per heavy atom. The van der Waals surface area contributed by atoms with Crippen molar-refractivity contribution < 1.29 is 0 Å². The minimum atomic E-state index is 0.580. The van der Waals surface area contributed by atoms with Gasteiger partial charge in [0.05, 0.1) is 11.9 Å². The summed E-state index contributed by atoms with van der Waals surface area (Å²) in [7, 11) is 3.89. The van der Waals surface area contributed by atoms with E-state index >= 15 is 0 Å². The second kappa shape index (κ2) is 3.41. The molecule has 0 radical (unpaired) electrons. The van der Waals surface area contributed by atoms with Crippen molar-refractivity contribution >= 4 is 5.69 Å². The molecule has 72 valence electrons. The highest BCUT2D eigenvalue weighted by Crippen LogP contribution is 2.24. The van der Waals surface area contributed by atoms with Gasteiger partial charge in [0, 0.05) is 25.9 Å². The Labute approximate surface area is 81.0 Å². The van der Waals surface area contributed by atoms with Crippen molar-refractivity contribution in [2.45, 2.75) is 0 Å². The van der Waals surface area contributed by atoms with Gasteiger partial charge in [-0.05, 0) is 11.3 Å². The van der Waals surface area contributed by atoms with Crippen LogP contribution in [0.2, 0.25) is 0 Å². The van der Waals surface area contributed by atoms with Gasteiger partial charge >= 0.3 is 0 Å². The number of anilines is 1. The van der Waals surface area contributed by atoms with Crippen LogP contribution in [0.4, 0.5) is 5.69 Å². The van der Waals surface area contributed by atoms with Crippen LogP contribution in [-0.2, 0) is 0 Å². The third kappa shape index (κ3) is 1.41. The lowest BCUT2D eigenvalue weighted by molar-refractivity contribution is 0.881. The SMILES string of the molecule is CN(C)c1cnccc1-c1nn[nH]n1. The molecule has 2 heterocycles. The van der Waals surface area contributed by atoms with Crippen LogP contribution in [0, 0.1) is 0 Å². The van der Waals surface area contributed by atoms with E-state index in [1.807, 2.05) is 25.1 Å². The van der Waals surface area contributed by atoms with E-state index in [9.17, 15) is 0 Å². The van der Waals surface area contributed by atoms with E-state index in [1.165, 1.54) is 0 Å². The summed E-state index contributed by atoms with van der Waals surface area (Å²) in [5.41, 5.74) is 1.88. The molecular weight excluding hydrogens is 180 g/mol. The van der Waals surface area contributed by atoms with E-state index in [1.54, 1.807) is 12.4 Å². The summed E-state index contributed by atoms with van der Waals surface area (Å²) < 4.78 is 0. The van der Waals surface area contributed by atoms with Crippen molar-refractivity contribution in [2.75, 3.05) is 19.0 Å². The normalized spacial score (nSPS) is 10.1. The average molecular weight is 190 g/mol. The van der Waals surface area contributed by atoms with Gasteiger partial charge in [-0.25, -0.2) is 0 Å². The number of H-pyrrole nitrogens is 1. The lowest BCUT2D eigenvalue weighted by Gasteiger charge is -2.14. The Morgan fingerprint density at radius 3 is 2.86 bits per heavy atom. The summed E-state index contributed by atoms with van der Waals surface area (Å²) in [6.07, 6.45) is 3.48. The molecular formula is C8H10N6. The van der Waals surface area contributed by atoms with Gasteiger partial charge in [-0.15, -0.1) is 10.2 Å². The second-order valence-electron chi connectivity index (χ2n) is 3.02. The van der Waals surface area contributed by atoms with Gasteiger partial charge in [-0.3, -0.25) is 4.98 Å². The van der Waals surface area contributed by atoms with E-state index in [2.05, 4.69) is 25.6 Å². The summed E-state index contributed by atoms with van der Waals surface area (Å²) in [6.45, 7) is 0. The fourth-order valence-corrected chi connectivity index (χ4v) is 1.21. The highest BCUT2D eigenvalue weighted by atomic mass is 15.5. The van der Waals surface area contributed by atoms with Gasteiger partial charge in [-0.1, -0.05) is 0 Å². The van der Waals surface area contributed by atoms with Gasteiger partial charge in [0.1, 0.15) is 0 Å². The molecule has 0 spiro atoms. The van der Waals surface area contributed by atoms with Crippen molar-refractivity contribution in [1.29, 1.82) is 0 Å². The zero-order chi connectivity index (χ0) is 9.97. The summed E-state index contributed by atoms with van der Waals surface area (Å²) in [6, 6.07) is 1.86. The van der Waals surface area contributed by atoms with Gasteiger partial charge in [0.25, 0.3) is 0 Å². The Hall–Kier alpha value is -1.98.